The molecule has 0 bridgehead atoms. The number of rotatable bonds is 3. The predicted octanol–water partition coefficient (Wildman–Crippen LogP) is 2.47. The Morgan fingerprint density at radius 3 is 2.60 bits per heavy atom. The van der Waals surface area contributed by atoms with Crippen LogP contribution in [-0.2, 0) is 6.42 Å². The zero-order valence-electron chi connectivity index (χ0n) is 9.09. The number of hydrogen-bond acceptors (Lipinski definition) is 2. The van der Waals surface area contributed by atoms with E-state index in [0.29, 0.717) is 5.92 Å². The van der Waals surface area contributed by atoms with Crippen LogP contribution in [0.5, 0.6) is 0 Å². The highest BCUT2D eigenvalue weighted by molar-refractivity contribution is 5.28. The first-order chi connectivity index (χ1) is 7.25. The van der Waals surface area contributed by atoms with Crippen LogP contribution in [0.2, 0.25) is 0 Å². The molecule has 0 aliphatic rings. The summed E-state index contributed by atoms with van der Waals surface area (Å²) in [6, 6.07) is 9.96. The maximum atomic E-state index is 4.43. The molecule has 0 saturated heterocycles. The Morgan fingerprint density at radius 2 is 1.93 bits per heavy atom. The van der Waals surface area contributed by atoms with Crippen molar-refractivity contribution in [2.24, 2.45) is 5.92 Å². The summed E-state index contributed by atoms with van der Waals surface area (Å²) in [7, 11) is 0. The predicted molar refractivity (Wildman–Crippen MR) is 59.9 cm³/mol. The first kappa shape index (κ1) is 9.90. The van der Waals surface area contributed by atoms with Crippen molar-refractivity contribution in [3.05, 3.63) is 42.2 Å². The van der Waals surface area contributed by atoms with Crippen molar-refractivity contribution in [1.82, 2.24) is 15.0 Å². The molecule has 0 N–H and O–H groups in total. The fourth-order valence-electron chi connectivity index (χ4n) is 1.49. The normalized spacial score (nSPS) is 10.9. The quantitative estimate of drug-likeness (QED) is 0.763. The number of benzene rings is 1. The van der Waals surface area contributed by atoms with Gasteiger partial charge in [0.05, 0.1) is 17.6 Å². The van der Waals surface area contributed by atoms with E-state index in [9.17, 15) is 0 Å². The average Bonchev–Trinajstić information content (AvgIpc) is 2.67. The van der Waals surface area contributed by atoms with Gasteiger partial charge in [0.25, 0.3) is 0 Å². The van der Waals surface area contributed by atoms with E-state index in [-0.39, 0.29) is 0 Å². The molecule has 15 heavy (non-hydrogen) atoms. The highest BCUT2D eigenvalue weighted by Crippen LogP contribution is 2.07. The van der Waals surface area contributed by atoms with Gasteiger partial charge in [-0.2, -0.15) is 15.0 Å². The minimum Gasteiger partial charge on any atom is -0.157 e. The van der Waals surface area contributed by atoms with E-state index in [4.69, 9.17) is 0 Å². The van der Waals surface area contributed by atoms with Crippen LogP contribution >= 0.6 is 0 Å². The Kier molecular flexibility index (Phi) is 2.81. The van der Waals surface area contributed by atoms with Crippen LogP contribution in [-0.4, -0.2) is 15.0 Å². The maximum Gasteiger partial charge on any atom is 0.0856 e. The van der Waals surface area contributed by atoms with E-state index in [1.165, 1.54) is 0 Å². The van der Waals surface area contributed by atoms with Gasteiger partial charge in [-0.3, -0.25) is 0 Å². The van der Waals surface area contributed by atoms with E-state index < -0.39 is 0 Å². The van der Waals surface area contributed by atoms with E-state index in [2.05, 4.69) is 24.0 Å². The fraction of sp³-hybridized carbons (Fsp3) is 0.333. The Morgan fingerprint density at radius 1 is 1.20 bits per heavy atom. The Hall–Kier alpha value is -1.64. The maximum absolute atomic E-state index is 4.43. The molecule has 0 atom stereocenters. The lowest BCUT2D eigenvalue weighted by atomic mass is 10.1. The summed E-state index contributed by atoms with van der Waals surface area (Å²) >= 11 is 0. The highest BCUT2D eigenvalue weighted by Gasteiger charge is 2.03. The lowest BCUT2D eigenvalue weighted by Gasteiger charge is -1.99. The van der Waals surface area contributed by atoms with Crippen LogP contribution in [0.3, 0.4) is 0 Å². The van der Waals surface area contributed by atoms with E-state index >= 15 is 0 Å². The minimum absolute atomic E-state index is 0.617. The van der Waals surface area contributed by atoms with Crippen LogP contribution in [0.25, 0.3) is 5.69 Å². The molecular weight excluding hydrogens is 186 g/mol. The second-order valence-electron chi connectivity index (χ2n) is 4.06. The Labute approximate surface area is 89.7 Å². The molecule has 0 aliphatic heterocycles. The smallest absolute Gasteiger partial charge is 0.0856 e. The average molecular weight is 201 g/mol. The van der Waals surface area contributed by atoms with Gasteiger partial charge in [0.2, 0.25) is 0 Å². The molecule has 1 aromatic carbocycles. The number of hydrogen-bond donors (Lipinski definition) is 0. The Bertz CT molecular complexity index is 417. The monoisotopic (exact) mass is 201 g/mol. The molecule has 2 rings (SSSR count). The molecule has 1 aromatic heterocycles. The molecular formula is C12H15N3. The molecule has 3 heteroatoms. The third-order valence-corrected chi connectivity index (χ3v) is 2.14. The van der Waals surface area contributed by atoms with E-state index in [1.807, 2.05) is 36.5 Å². The third-order valence-electron chi connectivity index (χ3n) is 2.14. The fourth-order valence-corrected chi connectivity index (χ4v) is 1.49. The molecule has 2 aromatic rings. The lowest BCUT2D eigenvalue weighted by molar-refractivity contribution is 0.625. The summed E-state index contributed by atoms with van der Waals surface area (Å²) in [5.41, 5.74) is 2.06. The summed E-state index contributed by atoms with van der Waals surface area (Å²) in [5, 5.41) is 8.67. The zero-order chi connectivity index (χ0) is 10.7. The van der Waals surface area contributed by atoms with Crippen molar-refractivity contribution in [2.45, 2.75) is 20.3 Å². The van der Waals surface area contributed by atoms with Gasteiger partial charge >= 0.3 is 0 Å². The van der Waals surface area contributed by atoms with Crippen molar-refractivity contribution in [3.63, 3.8) is 0 Å². The SMILES string of the molecule is CC(C)Cc1cnn(-c2ccccc2)n1. The molecule has 0 saturated carbocycles. The highest BCUT2D eigenvalue weighted by atomic mass is 15.5. The van der Waals surface area contributed by atoms with E-state index in [0.717, 1.165) is 17.8 Å². The lowest BCUT2D eigenvalue weighted by Crippen LogP contribution is -2.00. The van der Waals surface area contributed by atoms with Crippen molar-refractivity contribution in [2.75, 3.05) is 0 Å². The van der Waals surface area contributed by atoms with Gasteiger partial charge < -0.3 is 0 Å². The van der Waals surface area contributed by atoms with Crippen molar-refractivity contribution in [1.29, 1.82) is 0 Å². The summed E-state index contributed by atoms with van der Waals surface area (Å²) in [4.78, 5) is 1.68. The summed E-state index contributed by atoms with van der Waals surface area (Å²) in [5.74, 6) is 0.617. The second kappa shape index (κ2) is 4.26. The van der Waals surface area contributed by atoms with Gasteiger partial charge in [0.1, 0.15) is 0 Å². The van der Waals surface area contributed by atoms with Crippen LogP contribution < -0.4 is 0 Å². The molecule has 78 valence electrons. The van der Waals surface area contributed by atoms with Crippen molar-refractivity contribution in [3.8, 4) is 5.69 Å². The van der Waals surface area contributed by atoms with Crippen LogP contribution in [0.1, 0.15) is 19.5 Å². The van der Waals surface area contributed by atoms with Gasteiger partial charge in [0, 0.05) is 0 Å². The first-order valence-electron chi connectivity index (χ1n) is 5.22. The van der Waals surface area contributed by atoms with Crippen molar-refractivity contribution >= 4 is 0 Å². The molecule has 0 spiro atoms. The summed E-state index contributed by atoms with van der Waals surface area (Å²) in [6.45, 7) is 4.36. The summed E-state index contributed by atoms with van der Waals surface area (Å²) in [6.07, 6.45) is 2.82. The molecule has 0 radical (unpaired) electrons. The standard InChI is InChI=1S/C12H15N3/c1-10(2)8-11-9-13-15(14-11)12-6-4-3-5-7-12/h3-7,9-10H,8H2,1-2H3. The van der Waals surface area contributed by atoms with E-state index in [1.54, 1.807) is 4.80 Å². The molecule has 3 nitrogen and oxygen atoms in total. The topological polar surface area (TPSA) is 30.7 Å². The molecule has 0 unspecified atom stereocenters. The zero-order valence-corrected chi connectivity index (χ0v) is 9.09. The second-order valence-corrected chi connectivity index (χ2v) is 4.06. The summed E-state index contributed by atoms with van der Waals surface area (Å²) < 4.78 is 0. The minimum atomic E-state index is 0.617. The van der Waals surface area contributed by atoms with Crippen LogP contribution in [0.15, 0.2) is 36.5 Å². The third kappa shape index (κ3) is 2.43. The van der Waals surface area contributed by atoms with Gasteiger partial charge in [-0.1, -0.05) is 32.0 Å². The van der Waals surface area contributed by atoms with Gasteiger partial charge in [0.15, 0.2) is 0 Å². The number of nitrogens with zero attached hydrogens (tertiary/aromatic N) is 3. The molecule has 0 amide bonds. The largest absolute Gasteiger partial charge is 0.157 e. The van der Waals surface area contributed by atoms with Gasteiger partial charge in [-0.25, -0.2) is 0 Å². The van der Waals surface area contributed by atoms with Gasteiger partial charge in [-0.15, -0.1) is 0 Å². The van der Waals surface area contributed by atoms with Crippen LogP contribution in [0, 0.1) is 5.92 Å². The molecule has 0 fully saturated rings. The first-order valence-corrected chi connectivity index (χ1v) is 5.22. The Balaban J connectivity index is 2.21. The number of para-hydroxylation sites is 1. The number of aromatic nitrogens is 3. The van der Waals surface area contributed by atoms with Crippen molar-refractivity contribution < 1.29 is 0 Å². The molecule has 1 heterocycles. The molecule has 0 aliphatic carbocycles. The van der Waals surface area contributed by atoms with Gasteiger partial charge in [-0.05, 0) is 24.5 Å². The van der Waals surface area contributed by atoms with Crippen LogP contribution in [0.4, 0.5) is 0 Å².